The van der Waals surface area contributed by atoms with Crippen molar-refractivity contribution in [3.8, 4) is 0 Å². The van der Waals surface area contributed by atoms with Gasteiger partial charge in [0.2, 0.25) is 0 Å². The standard InChI is InChI=1S/C15H20ClNO2/c1-15(14(18)19,11-7-3-2-4-8-11)17-13-10-6-5-9-12(13)16/h5-6,9-11,17H,2-4,7-8H2,1H3,(H,18,19). The number of halogens is 1. The molecule has 0 amide bonds. The van der Waals surface area contributed by atoms with Gasteiger partial charge in [0.25, 0.3) is 0 Å². The van der Waals surface area contributed by atoms with E-state index in [4.69, 9.17) is 11.6 Å². The van der Waals surface area contributed by atoms with Crippen LogP contribution in [0, 0.1) is 5.92 Å². The number of hydrogen-bond acceptors (Lipinski definition) is 2. The van der Waals surface area contributed by atoms with Gasteiger partial charge in [-0.3, -0.25) is 0 Å². The van der Waals surface area contributed by atoms with Gasteiger partial charge in [-0.1, -0.05) is 43.0 Å². The fourth-order valence-electron chi connectivity index (χ4n) is 2.85. The number of benzene rings is 1. The van der Waals surface area contributed by atoms with Crippen molar-refractivity contribution in [1.29, 1.82) is 0 Å². The van der Waals surface area contributed by atoms with Gasteiger partial charge in [0.05, 0.1) is 10.7 Å². The second kappa shape index (κ2) is 5.83. The number of carboxylic acid groups (broad SMARTS) is 1. The zero-order valence-electron chi connectivity index (χ0n) is 11.2. The Kier molecular flexibility index (Phi) is 4.35. The first-order valence-electron chi connectivity index (χ1n) is 6.80. The predicted octanol–water partition coefficient (Wildman–Crippen LogP) is 4.18. The molecular weight excluding hydrogens is 262 g/mol. The number of hydrogen-bond donors (Lipinski definition) is 2. The number of anilines is 1. The third kappa shape index (κ3) is 3.03. The monoisotopic (exact) mass is 281 g/mol. The fourth-order valence-corrected chi connectivity index (χ4v) is 3.04. The maximum Gasteiger partial charge on any atom is 0.329 e. The van der Waals surface area contributed by atoms with Crippen molar-refractivity contribution in [3.63, 3.8) is 0 Å². The topological polar surface area (TPSA) is 49.3 Å². The van der Waals surface area contributed by atoms with E-state index in [1.165, 1.54) is 6.42 Å². The number of rotatable bonds is 4. The molecule has 1 saturated carbocycles. The molecule has 1 unspecified atom stereocenters. The third-order valence-corrected chi connectivity index (χ3v) is 4.46. The lowest BCUT2D eigenvalue weighted by Crippen LogP contribution is -2.50. The van der Waals surface area contributed by atoms with Crippen LogP contribution in [0.15, 0.2) is 24.3 Å². The maximum atomic E-state index is 11.7. The van der Waals surface area contributed by atoms with Crippen LogP contribution in [0.5, 0.6) is 0 Å². The molecular formula is C15H20ClNO2. The SMILES string of the molecule is CC(Nc1ccccc1Cl)(C(=O)O)C1CCCCC1. The molecule has 0 radical (unpaired) electrons. The molecule has 0 bridgehead atoms. The van der Waals surface area contributed by atoms with Gasteiger partial charge in [0, 0.05) is 0 Å². The molecule has 0 aliphatic heterocycles. The van der Waals surface area contributed by atoms with Crippen LogP contribution in [0.1, 0.15) is 39.0 Å². The molecule has 4 heteroatoms. The number of para-hydroxylation sites is 1. The van der Waals surface area contributed by atoms with Gasteiger partial charge in [-0.25, -0.2) is 4.79 Å². The lowest BCUT2D eigenvalue weighted by Gasteiger charge is -2.38. The van der Waals surface area contributed by atoms with Gasteiger partial charge in [0.15, 0.2) is 0 Å². The molecule has 2 rings (SSSR count). The second-order valence-corrected chi connectivity index (χ2v) is 5.85. The zero-order valence-corrected chi connectivity index (χ0v) is 11.9. The van der Waals surface area contributed by atoms with E-state index in [-0.39, 0.29) is 5.92 Å². The first kappa shape index (κ1) is 14.2. The quantitative estimate of drug-likeness (QED) is 0.870. The lowest BCUT2D eigenvalue weighted by molar-refractivity contribution is -0.144. The Morgan fingerprint density at radius 3 is 2.53 bits per heavy atom. The van der Waals surface area contributed by atoms with Gasteiger partial charge in [0.1, 0.15) is 5.54 Å². The van der Waals surface area contributed by atoms with Crippen molar-refractivity contribution in [2.45, 2.75) is 44.6 Å². The summed E-state index contributed by atoms with van der Waals surface area (Å²) in [6, 6.07) is 7.29. The summed E-state index contributed by atoms with van der Waals surface area (Å²) in [5.41, 5.74) is -0.259. The van der Waals surface area contributed by atoms with Crippen molar-refractivity contribution < 1.29 is 9.90 Å². The van der Waals surface area contributed by atoms with Gasteiger partial charge >= 0.3 is 5.97 Å². The van der Waals surface area contributed by atoms with Crippen LogP contribution in [-0.2, 0) is 4.79 Å². The van der Waals surface area contributed by atoms with Gasteiger partial charge in [-0.2, -0.15) is 0 Å². The predicted molar refractivity (Wildman–Crippen MR) is 77.7 cm³/mol. The summed E-state index contributed by atoms with van der Waals surface area (Å²) in [5.74, 6) is -0.658. The Morgan fingerprint density at radius 2 is 1.95 bits per heavy atom. The number of aliphatic carboxylic acids is 1. The van der Waals surface area contributed by atoms with E-state index < -0.39 is 11.5 Å². The summed E-state index contributed by atoms with van der Waals surface area (Å²) in [4.78, 5) is 11.7. The van der Waals surface area contributed by atoms with E-state index in [0.29, 0.717) is 10.7 Å². The normalized spacial score (nSPS) is 19.7. The average molecular weight is 282 g/mol. The van der Waals surface area contributed by atoms with E-state index in [0.717, 1.165) is 25.7 Å². The van der Waals surface area contributed by atoms with Gasteiger partial charge < -0.3 is 10.4 Å². The Labute approximate surface area is 119 Å². The van der Waals surface area contributed by atoms with Crippen LogP contribution >= 0.6 is 11.6 Å². The smallest absolute Gasteiger partial charge is 0.329 e. The molecule has 104 valence electrons. The minimum Gasteiger partial charge on any atom is -0.480 e. The van der Waals surface area contributed by atoms with Gasteiger partial charge in [-0.05, 0) is 37.8 Å². The van der Waals surface area contributed by atoms with Crippen molar-refractivity contribution >= 4 is 23.3 Å². The average Bonchev–Trinajstić information content (AvgIpc) is 2.42. The highest BCUT2D eigenvalue weighted by molar-refractivity contribution is 6.33. The Bertz CT molecular complexity index is 457. The summed E-state index contributed by atoms with van der Waals surface area (Å²) in [6.07, 6.45) is 5.34. The Balaban J connectivity index is 2.24. The van der Waals surface area contributed by atoms with E-state index in [2.05, 4.69) is 5.32 Å². The molecule has 2 N–H and O–H groups in total. The highest BCUT2D eigenvalue weighted by Crippen LogP contribution is 2.36. The highest BCUT2D eigenvalue weighted by Gasteiger charge is 2.42. The second-order valence-electron chi connectivity index (χ2n) is 5.45. The number of carbonyl (C=O) groups is 1. The molecule has 1 atom stereocenters. The minimum absolute atomic E-state index is 0.148. The molecule has 19 heavy (non-hydrogen) atoms. The molecule has 1 aromatic carbocycles. The maximum absolute atomic E-state index is 11.7. The highest BCUT2D eigenvalue weighted by atomic mass is 35.5. The Hall–Kier alpha value is -1.22. The molecule has 0 aromatic heterocycles. The molecule has 0 saturated heterocycles. The van der Waals surface area contributed by atoms with Crippen LogP contribution < -0.4 is 5.32 Å². The summed E-state index contributed by atoms with van der Waals surface area (Å²) in [5, 5.41) is 13.4. The van der Waals surface area contributed by atoms with Gasteiger partial charge in [-0.15, -0.1) is 0 Å². The molecule has 1 aliphatic carbocycles. The lowest BCUT2D eigenvalue weighted by atomic mass is 9.75. The zero-order chi connectivity index (χ0) is 13.9. The summed E-state index contributed by atoms with van der Waals surface area (Å²) in [6.45, 7) is 1.77. The molecule has 0 heterocycles. The van der Waals surface area contributed by atoms with Crippen LogP contribution in [0.4, 0.5) is 5.69 Å². The van der Waals surface area contributed by atoms with E-state index in [9.17, 15) is 9.90 Å². The number of carboxylic acids is 1. The van der Waals surface area contributed by atoms with Crippen LogP contribution in [0.2, 0.25) is 5.02 Å². The first-order valence-corrected chi connectivity index (χ1v) is 7.18. The Morgan fingerprint density at radius 1 is 1.32 bits per heavy atom. The summed E-state index contributed by atoms with van der Waals surface area (Å²) >= 11 is 6.12. The molecule has 1 fully saturated rings. The van der Waals surface area contributed by atoms with Crippen molar-refractivity contribution in [1.82, 2.24) is 0 Å². The van der Waals surface area contributed by atoms with Crippen LogP contribution in [-0.4, -0.2) is 16.6 Å². The first-order chi connectivity index (χ1) is 9.04. The largest absolute Gasteiger partial charge is 0.480 e. The van der Waals surface area contributed by atoms with E-state index in [1.54, 1.807) is 13.0 Å². The minimum atomic E-state index is -0.953. The number of nitrogens with one attached hydrogen (secondary N) is 1. The third-order valence-electron chi connectivity index (χ3n) is 4.13. The summed E-state index contributed by atoms with van der Waals surface area (Å²) in [7, 11) is 0. The fraction of sp³-hybridized carbons (Fsp3) is 0.533. The molecule has 0 spiro atoms. The molecule has 1 aliphatic rings. The molecule has 3 nitrogen and oxygen atoms in total. The van der Waals surface area contributed by atoms with Crippen molar-refractivity contribution in [3.05, 3.63) is 29.3 Å². The molecule has 1 aromatic rings. The van der Waals surface area contributed by atoms with Crippen LogP contribution in [0.3, 0.4) is 0 Å². The van der Waals surface area contributed by atoms with Crippen LogP contribution in [0.25, 0.3) is 0 Å². The summed E-state index contributed by atoms with van der Waals surface area (Å²) < 4.78 is 0. The van der Waals surface area contributed by atoms with E-state index in [1.807, 2.05) is 18.2 Å². The van der Waals surface area contributed by atoms with Crippen molar-refractivity contribution in [2.75, 3.05) is 5.32 Å². The van der Waals surface area contributed by atoms with E-state index >= 15 is 0 Å². The van der Waals surface area contributed by atoms with Crippen molar-refractivity contribution in [2.24, 2.45) is 5.92 Å².